The molecule has 0 amide bonds. The Morgan fingerprint density at radius 2 is 2.12 bits per heavy atom. The van der Waals surface area contributed by atoms with Crippen LogP contribution in [0.2, 0.25) is 0 Å². The first-order valence-corrected chi connectivity index (χ1v) is 4.47. The van der Waals surface area contributed by atoms with Crippen molar-refractivity contribution in [2.45, 2.75) is 0 Å². The minimum absolute atomic E-state index is 0.204. The number of nitrogen functional groups attached to an aromatic ring is 1. The number of halogens is 1. The molecule has 86 valence electrons. The number of ether oxygens (including phenoxy) is 2. The van der Waals surface area contributed by atoms with Crippen molar-refractivity contribution in [1.82, 2.24) is 0 Å². The van der Waals surface area contributed by atoms with E-state index in [2.05, 4.69) is 4.74 Å². The SMILES string of the molecule is COC(=O)C=Cc1cc(OC)c(N)cc1F. The summed E-state index contributed by atoms with van der Waals surface area (Å²) in [6.07, 6.45) is 2.41. The number of carbonyl (C=O) groups excluding carboxylic acids is 1. The molecule has 0 heterocycles. The van der Waals surface area contributed by atoms with E-state index in [4.69, 9.17) is 10.5 Å². The summed E-state index contributed by atoms with van der Waals surface area (Å²) in [4.78, 5) is 10.8. The fourth-order valence-corrected chi connectivity index (χ4v) is 1.11. The van der Waals surface area contributed by atoms with Crippen molar-refractivity contribution in [3.05, 3.63) is 29.6 Å². The Balaban J connectivity index is 3.05. The van der Waals surface area contributed by atoms with Crippen LogP contribution in [0.15, 0.2) is 18.2 Å². The van der Waals surface area contributed by atoms with Crippen molar-refractivity contribution in [1.29, 1.82) is 0 Å². The summed E-state index contributed by atoms with van der Waals surface area (Å²) >= 11 is 0. The third-order valence-corrected chi connectivity index (χ3v) is 1.95. The van der Waals surface area contributed by atoms with Crippen molar-refractivity contribution >= 4 is 17.7 Å². The number of esters is 1. The number of benzene rings is 1. The van der Waals surface area contributed by atoms with Crippen molar-refractivity contribution in [3.63, 3.8) is 0 Å². The molecular weight excluding hydrogens is 213 g/mol. The molecule has 0 unspecified atom stereocenters. The molecule has 0 saturated heterocycles. The third kappa shape index (κ3) is 2.73. The van der Waals surface area contributed by atoms with Crippen LogP contribution >= 0.6 is 0 Å². The molecule has 0 atom stereocenters. The Hall–Kier alpha value is -2.04. The van der Waals surface area contributed by atoms with E-state index in [9.17, 15) is 9.18 Å². The summed E-state index contributed by atoms with van der Waals surface area (Å²) < 4.78 is 22.7. The molecule has 16 heavy (non-hydrogen) atoms. The van der Waals surface area contributed by atoms with Gasteiger partial charge in [-0.15, -0.1) is 0 Å². The van der Waals surface area contributed by atoms with E-state index in [1.807, 2.05) is 0 Å². The first kappa shape index (κ1) is 12.0. The van der Waals surface area contributed by atoms with Crippen LogP contribution in [0.4, 0.5) is 10.1 Å². The standard InChI is InChI=1S/C11H12FNO3/c1-15-10-5-7(3-4-11(14)16-2)8(12)6-9(10)13/h3-6H,13H2,1-2H3. The topological polar surface area (TPSA) is 61.5 Å². The highest BCUT2D eigenvalue weighted by molar-refractivity contribution is 5.87. The average molecular weight is 225 g/mol. The van der Waals surface area contributed by atoms with Crippen molar-refractivity contribution in [2.75, 3.05) is 20.0 Å². The van der Waals surface area contributed by atoms with Crippen LogP contribution < -0.4 is 10.5 Å². The largest absolute Gasteiger partial charge is 0.495 e. The minimum Gasteiger partial charge on any atom is -0.495 e. The molecular formula is C11H12FNO3. The number of methoxy groups -OCH3 is 2. The van der Waals surface area contributed by atoms with Gasteiger partial charge in [0.1, 0.15) is 11.6 Å². The summed E-state index contributed by atoms with van der Waals surface area (Å²) in [6, 6.07) is 2.54. The number of anilines is 1. The summed E-state index contributed by atoms with van der Waals surface area (Å²) in [5, 5.41) is 0. The molecule has 1 aromatic rings. The van der Waals surface area contributed by atoms with Crippen molar-refractivity contribution in [2.24, 2.45) is 0 Å². The molecule has 4 nitrogen and oxygen atoms in total. The first-order valence-electron chi connectivity index (χ1n) is 4.47. The zero-order valence-corrected chi connectivity index (χ0v) is 8.99. The van der Waals surface area contributed by atoms with Crippen LogP contribution in [-0.4, -0.2) is 20.2 Å². The van der Waals surface area contributed by atoms with Gasteiger partial charge >= 0.3 is 5.97 Å². The van der Waals surface area contributed by atoms with E-state index < -0.39 is 11.8 Å². The fourth-order valence-electron chi connectivity index (χ4n) is 1.11. The lowest BCUT2D eigenvalue weighted by Gasteiger charge is -2.06. The predicted molar refractivity (Wildman–Crippen MR) is 58.4 cm³/mol. The molecule has 2 N–H and O–H groups in total. The highest BCUT2D eigenvalue weighted by Crippen LogP contribution is 2.25. The van der Waals surface area contributed by atoms with Crippen LogP contribution in [0.1, 0.15) is 5.56 Å². The molecule has 0 radical (unpaired) electrons. The van der Waals surface area contributed by atoms with E-state index in [1.54, 1.807) is 0 Å². The quantitative estimate of drug-likeness (QED) is 0.482. The van der Waals surface area contributed by atoms with Crippen LogP contribution in [0.25, 0.3) is 6.08 Å². The van der Waals surface area contributed by atoms with Gasteiger partial charge in [-0.1, -0.05) is 0 Å². The molecule has 0 aliphatic heterocycles. The number of hydrogen-bond donors (Lipinski definition) is 1. The summed E-state index contributed by atoms with van der Waals surface area (Å²) in [7, 11) is 2.67. The lowest BCUT2D eigenvalue weighted by molar-refractivity contribution is -0.134. The normalized spacial score (nSPS) is 10.4. The number of carbonyl (C=O) groups is 1. The Morgan fingerprint density at radius 1 is 1.44 bits per heavy atom. The molecule has 0 spiro atoms. The van der Waals surface area contributed by atoms with E-state index in [-0.39, 0.29) is 11.3 Å². The van der Waals surface area contributed by atoms with E-state index in [0.29, 0.717) is 5.75 Å². The predicted octanol–water partition coefficient (Wildman–Crippen LogP) is 1.60. The minimum atomic E-state index is -0.560. The van der Waals surface area contributed by atoms with Gasteiger partial charge in [0.25, 0.3) is 0 Å². The van der Waals surface area contributed by atoms with Gasteiger partial charge in [0.05, 0.1) is 19.9 Å². The van der Waals surface area contributed by atoms with Crippen molar-refractivity contribution < 1.29 is 18.7 Å². The third-order valence-electron chi connectivity index (χ3n) is 1.95. The van der Waals surface area contributed by atoms with E-state index in [1.165, 1.54) is 26.4 Å². The maximum absolute atomic E-state index is 13.4. The Kier molecular flexibility index (Phi) is 3.88. The van der Waals surface area contributed by atoms with Crippen LogP contribution in [0, 0.1) is 5.82 Å². The number of hydrogen-bond acceptors (Lipinski definition) is 4. The number of rotatable bonds is 3. The lowest BCUT2D eigenvalue weighted by Crippen LogP contribution is -1.96. The molecule has 5 heteroatoms. The molecule has 0 bridgehead atoms. The Bertz CT molecular complexity index is 429. The van der Waals surface area contributed by atoms with E-state index in [0.717, 1.165) is 12.1 Å². The van der Waals surface area contributed by atoms with Gasteiger partial charge in [-0.25, -0.2) is 9.18 Å². The van der Waals surface area contributed by atoms with Crippen molar-refractivity contribution in [3.8, 4) is 5.75 Å². The Morgan fingerprint density at radius 3 is 2.69 bits per heavy atom. The van der Waals surface area contributed by atoms with Gasteiger partial charge in [-0.3, -0.25) is 0 Å². The first-order chi connectivity index (χ1) is 7.58. The molecule has 1 aromatic carbocycles. The van der Waals surface area contributed by atoms with Crippen LogP contribution in [0.3, 0.4) is 0 Å². The molecule has 0 aliphatic carbocycles. The van der Waals surface area contributed by atoms with Gasteiger partial charge in [0.2, 0.25) is 0 Å². The summed E-state index contributed by atoms with van der Waals surface area (Å²) in [6.45, 7) is 0. The molecule has 0 fully saturated rings. The van der Waals surface area contributed by atoms with Gasteiger partial charge in [-0.2, -0.15) is 0 Å². The zero-order chi connectivity index (χ0) is 12.1. The maximum atomic E-state index is 13.4. The highest BCUT2D eigenvalue weighted by atomic mass is 19.1. The molecule has 1 rings (SSSR count). The summed E-state index contributed by atoms with van der Waals surface area (Å²) in [5.41, 5.74) is 5.91. The fraction of sp³-hybridized carbons (Fsp3) is 0.182. The van der Waals surface area contributed by atoms with E-state index >= 15 is 0 Å². The maximum Gasteiger partial charge on any atom is 0.330 e. The summed E-state index contributed by atoms with van der Waals surface area (Å²) in [5.74, 6) is -0.737. The highest BCUT2D eigenvalue weighted by Gasteiger charge is 2.06. The van der Waals surface area contributed by atoms with Gasteiger partial charge in [0, 0.05) is 17.7 Å². The van der Waals surface area contributed by atoms with Crippen LogP contribution in [0.5, 0.6) is 5.75 Å². The smallest absolute Gasteiger partial charge is 0.330 e. The Labute approximate surface area is 92.5 Å². The van der Waals surface area contributed by atoms with Gasteiger partial charge in [0.15, 0.2) is 0 Å². The van der Waals surface area contributed by atoms with Crippen LogP contribution in [-0.2, 0) is 9.53 Å². The number of nitrogens with two attached hydrogens (primary N) is 1. The molecule has 0 aliphatic rings. The second-order valence-electron chi connectivity index (χ2n) is 2.97. The average Bonchev–Trinajstić information content (AvgIpc) is 2.27. The zero-order valence-electron chi connectivity index (χ0n) is 8.99. The second-order valence-corrected chi connectivity index (χ2v) is 2.97. The monoisotopic (exact) mass is 225 g/mol. The van der Waals surface area contributed by atoms with Gasteiger partial charge < -0.3 is 15.2 Å². The lowest BCUT2D eigenvalue weighted by atomic mass is 10.1. The second kappa shape index (κ2) is 5.16. The van der Waals surface area contributed by atoms with Gasteiger partial charge in [-0.05, 0) is 12.1 Å². The molecule has 0 aromatic heterocycles. The molecule has 0 saturated carbocycles.